The molecule has 1 rings (SSSR count). The molecule has 0 radical (unpaired) electrons. The van der Waals surface area contributed by atoms with E-state index >= 15 is 0 Å². The molecule has 0 aliphatic rings. The van der Waals surface area contributed by atoms with Gasteiger partial charge in [-0.2, -0.15) is 0 Å². The van der Waals surface area contributed by atoms with Crippen molar-refractivity contribution in [2.45, 2.75) is 36.5 Å². The summed E-state index contributed by atoms with van der Waals surface area (Å²) in [5, 5.41) is 9.90. The van der Waals surface area contributed by atoms with E-state index in [2.05, 4.69) is 20.7 Å². The monoisotopic (exact) mass is 341 g/mol. The normalized spacial score (nSPS) is 15.8. The van der Waals surface area contributed by atoms with Gasteiger partial charge < -0.3 is 5.11 Å². The first kappa shape index (κ1) is 15.1. The van der Waals surface area contributed by atoms with E-state index in [0.29, 0.717) is 6.42 Å². The fraction of sp³-hybridized carbons (Fsp3) is 0.600. The molecule has 1 heterocycles. The van der Waals surface area contributed by atoms with Crippen molar-refractivity contribution >= 4 is 37.3 Å². The first-order chi connectivity index (χ1) is 7.77. The lowest BCUT2D eigenvalue weighted by Crippen LogP contribution is -2.40. The molecule has 0 bridgehead atoms. The molecule has 0 saturated carbocycles. The van der Waals surface area contributed by atoms with Gasteiger partial charge in [0.05, 0.1) is 9.39 Å². The summed E-state index contributed by atoms with van der Waals surface area (Å²) in [5.41, 5.74) is -1.00. The molecule has 4 nitrogen and oxygen atoms in total. The molecule has 7 heteroatoms. The molecule has 1 atom stereocenters. The third kappa shape index (κ3) is 4.67. The smallest absolute Gasteiger partial charge is 0.250 e. The summed E-state index contributed by atoms with van der Waals surface area (Å²) < 4.78 is 27.2. The van der Waals surface area contributed by atoms with Crippen molar-refractivity contribution in [1.82, 2.24) is 4.72 Å². The summed E-state index contributed by atoms with van der Waals surface area (Å²) in [6.45, 7) is 3.60. The van der Waals surface area contributed by atoms with Crippen LogP contribution >= 0.6 is 27.3 Å². The van der Waals surface area contributed by atoms with Crippen LogP contribution in [0.1, 0.15) is 26.7 Å². The topological polar surface area (TPSA) is 66.4 Å². The van der Waals surface area contributed by atoms with Gasteiger partial charge in [0, 0.05) is 6.54 Å². The van der Waals surface area contributed by atoms with Crippen LogP contribution in [-0.4, -0.2) is 25.7 Å². The average molecular weight is 342 g/mol. The predicted molar refractivity (Wildman–Crippen MR) is 72.7 cm³/mol. The van der Waals surface area contributed by atoms with Crippen LogP contribution in [0.4, 0.5) is 0 Å². The molecule has 0 aromatic carbocycles. The van der Waals surface area contributed by atoms with Crippen molar-refractivity contribution in [2.75, 3.05) is 6.54 Å². The Kier molecular flexibility index (Phi) is 5.15. The third-order valence-corrected chi connectivity index (χ3v) is 5.76. The Bertz CT molecular complexity index is 468. The van der Waals surface area contributed by atoms with Gasteiger partial charge >= 0.3 is 0 Å². The molecule has 0 amide bonds. The second kappa shape index (κ2) is 5.79. The maximum atomic E-state index is 11.9. The standard InChI is InChI=1S/C10H16BrNO3S2/c1-3-6-10(2,13)7-12-17(14,15)9-5-4-8(11)16-9/h4-5,12-13H,3,6-7H2,1-2H3. The van der Waals surface area contributed by atoms with Crippen LogP contribution in [0.5, 0.6) is 0 Å². The molecule has 0 saturated heterocycles. The average Bonchev–Trinajstić information content (AvgIpc) is 2.63. The molecule has 0 fully saturated rings. The SMILES string of the molecule is CCCC(C)(O)CNS(=O)(=O)c1ccc(Br)s1. The Balaban J connectivity index is 2.69. The number of thiophene rings is 1. The molecule has 2 N–H and O–H groups in total. The largest absolute Gasteiger partial charge is 0.389 e. The fourth-order valence-electron chi connectivity index (χ4n) is 1.39. The first-order valence-electron chi connectivity index (χ1n) is 5.24. The molecule has 17 heavy (non-hydrogen) atoms. The van der Waals surface area contributed by atoms with Crippen LogP contribution in [-0.2, 0) is 10.0 Å². The molecule has 1 aromatic heterocycles. The van der Waals surface area contributed by atoms with Crippen LogP contribution in [0.3, 0.4) is 0 Å². The minimum Gasteiger partial charge on any atom is -0.389 e. The highest BCUT2D eigenvalue weighted by Crippen LogP contribution is 2.26. The molecule has 0 spiro atoms. The summed E-state index contributed by atoms with van der Waals surface area (Å²) in [6, 6.07) is 3.22. The quantitative estimate of drug-likeness (QED) is 0.834. The van der Waals surface area contributed by atoms with E-state index in [9.17, 15) is 13.5 Å². The highest BCUT2D eigenvalue weighted by Gasteiger charge is 2.24. The minimum atomic E-state index is -3.51. The van der Waals surface area contributed by atoms with Crippen molar-refractivity contribution in [3.63, 3.8) is 0 Å². The maximum Gasteiger partial charge on any atom is 0.250 e. The second-order valence-electron chi connectivity index (χ2n) is 4.13. The van der Waals surface area contributed by atoms with Crippen molar-refractivity contribution in [1.29, 1.82) is 0 Å². The number of halogens is 1. The number of sulfonamides is 1. The summed E-state index contributed by atoms with van der Waals surface area (Å²) >= 11 is 4.36. The van der Waals surface area contributed by atoms with Crippen LogP contribution < -0.4 is 4.72 Å². The lowest BCUT2D eigenvalue weighted by Gasteiger charge is -2.22. The summed E-state index contributed by atoms with van der Waals surface area (Å²) in [4.78, 5) is 0. The number of rotatable bonds is 6. The van der Waals surface area contributed by atoms with Gasteiger partial charge in [-0.1, -0.05) is 13.3 Å². The van der Waals surface area contributed by atoms with Crippen molar-refractivity contribution in [3.8, 4) is 0 Å². The van der Waals surface area contributed by atoms with E-state index in [1.54, 1.807) is 13.0 Å². The zero-order valence-electron chi connectivity index (χ0n) is 9.73. The van der Waals surface area contributed by atoms with E-state index in [1.165, 1.54) is 6.07 Å². The second-order valence-corrected chi connectivity index (χ2v) is 8.59. The Morgan fingerprint density at radius 3 is 2.65 bits per heavy atom. The van der Waals surface area contributed by atoms with E-state index < -0.39 is 15.6 Å². The molecule has 98 valence electrons. The van der Waals surface area contributed by atoms with Gasteiger partial charge in [0.1, 0.15) is 4.21 Å². The van der Waals surface area contributed by atoms with Crippen molar-refractivity contribution in [2.24, 2.45) is 0 Å². The van der Waals surface area contributed by atoms with Crippen LogP contribution in [0.2, 0.25) is 0 Å². The highest BCUT2D eigenvalue weighted by molar-refractivity contribution is 9.11. The van der Waals surface area contributed by atoms with Gasteiger partial charge in [-0.25, -0.2) is 13.1 Å². The molecule has 0 aliphatic heterocycles. The van der Waals surface area contributed by atoms with Crippen LogP contribution in [0, 0.1) is 0 Å². The third-order valence-electron chi connectivity index (χ3n) is 2.25. The number of hydrogen-bond donors (Lipinski definition) is 2. The molecule has 1 unspecified atom stereocenters. The summed E-state index contributed by atoms with van der Waals surface area (Å²) in [7, 11) is -3.51. The van der Waals surface area contributed by atoms with Gasteiger partial charge in [-0.3, -0.25) is 0 Å². The predicted octanol–water partition coefficient (Wildman–Crippen LogP) is 2.34. The van der Waals surface area contributed by atoms with Gasteiger partial charge in [0.25, 0.3) is 0 Å². The van der Waals surface area contributed by atoms with Gasteiger partial charge in [-0.05, 0) is 41.4 Å². The summed E-state index contributed by atoms with van der Waals surface area (Å²) in [5.74, 6) is 0. The van der Waals surface area contributed by atoms with E-state index in [1.807, 2.05) is 6.92 Å². The zero-order valence-corrected chi connectivity index (χ0v) is 13.0. The van der Waals surface area contributed by atoms with Gasteiger partial charge in [0.15, 0.2) is 0 Å². The molecule has 1 aromatic rings. The number of hydrogen-bond acceptors (Lipinski definition) is 4. The molecular weight excluding hydrogens is 326 g/mol. The number of aliphatic hydroxyl groups is 1. The Morgan fingerprint density at radius 1 is 1.53 bits per heavy atom. The van der Waals surface area contributed by atoms with E-state index in [4.69, 9.17) is 0 Å². The van der Waals surface area contributed by atoms with Crippen molar-refractivity contribution in [3.05, 3.63) is 15.9 Å². The Labute approximate surface area is 114 Å². The first-order valence-corrected chi connectivity index (χ1v) is 8.33. The van der Waals surface area contributed by atoms with Gasteiger partial charge in [0.2, 0.25) is 10.0 Å². The van der Waals surface area contributed by atoms with Crippen LogP contribution in [0.15, 0.2) is 20.1 Å². The minimum absolute atomic E-state index is 0.0265. The Hall–Kier alpha value is 0.0500. The van der Waals surface area contributed by atoms with E-state index in [0.717, 1.165) is 21.5 Å². The van der Waals surface area contributed by atoms with Crippen molar-refractivity contribution < 1.29 is 13.5 Å². The fourth-order valence-corrected chi connectivity index (χ4v) is 4.61. The van der Waals surface area contributed by atoms with Crippen LogP contribution in [0.25, 0.3) is 0 Å². The highest BCUT2D eigenvalue weighted by atomic mass is 79.9. The molecular formula is C10H16BrNO3S2. The van der Waals surface area contributed by atoms with E-state index in [-0.39, 0.29) is 10.8 Å². The van der Waals surface area contributed by atoms with Gasteiger partial charge in [-0.15, -0.1) is 11.3 Å². The number of nitrogens with one attached hydrogen (secondary N) is 1. The Morgan fingerprint density at radius 2 is 2.18 bits per heavy atom. The lowest BCUT2D eigenvalue weighted by atomic mass is 10.0. The molecule has 0 aliphatic carbocycles. The lowest BCUT2D eigenvalue weighted by molar-refractivity contribution is 0.0554. The zero-order chi connectivity index (χ0) is 13.1. The summed E-state index contributed by atoms with van der Waals surface area (Å²) in [6.07, 6.45) is 1.36. The maximum absolute atomic E-state index is 11.9.